The second-order valence-corrected chi connectivity index (χ2v) is 8.11. The summed E-state index contributed by atoms with van der Waals surface area (Å²) >= 11 is 5.68. The van der Waals surface area contributed by atoms with Gasteiger partial charge < -0.3 is 10.1 Å². The van der Waals surface area contributed by atoms with E-state index in [0.717, 1.165) is 36.4 Å². The molecule has 0 aliphatic carbocycles. The molecule has 1 amide bonds. The van der Waals surface area contributed by atoms with Gasteiger partial charge in [0, 0.05) is 17.8 Å². The lowest BCUT2D eigenvalue weighted by Crippen LogP contribution is -2.20. The van der Waals surface area contributed by atoms with E-state index in [4.69, 9.17) is 16.3 Å². The van der Waals surface area contributed by atoms with Crippen LogP contribution in [0.3, 0.4) is 0 Å². The molecule has 0 aromatic heterocycles. The molecule has 0 radical (unpaired) electrons. The van der Waals surface area contributed by atoms with Crippen LogP contribution in [0.4, 0.5) is 20.2 Å². The first-order valence-corrected chi connectivity index (χ1v) is 10.1. The Balaban J connectivity index is 1.90. The summed E-state index contributed by atoms with van der Waals surface area (Å²) in [6.45, 7) is -0.693. The Morgan fingerprint density at radius 2 is 1.84 bits per heavy atom. The lowest BCUT2D eigenvalue weighted by atomic mass is 10.2. The van der Waals surface area contributed by atoms with Crippen LogP contribution in [0.5, 0.6) is 0 Å². The van der Waals surface area contributed by atoms with Crippen molar-refractivity contribution in [2.75, 3.05) is 11.9 Å². The molecule has 0 bridgehead atoms. The van der Waals surface area contributed by atoms with Gasteiger partial charge in [-0.25, -0.2) is 13.2 Å². The second-order valence-electron chi connectivity index (χ2n) is 5.79. The first kappa shape index (κ1) is 23.9. The zero-order chi connectivity index (χ0) is 23.2. The van der Waals surface area contributed by atoms with Gasteiger partial charge in [0.15, 0.2) is 6.61 Å². The Bertz CT molecular complexity index is 1140. The predicted octanol–water partition coefficient (Wildman–Crippen LogP) is 3.44. The number of alkyl halides is 2. The minimum Gasteiger partial charge on any atom is -0.452 e. The number of rotatable bonds is 8. The largest absolute Gasteiger partial charge is 0.452 e. The quantitative estimate of drug-likeness (QED) is 0.268. The van der Waals surface area contributed by atoms with Gasteiger partial charge in [0.05, 0.1) is 9.82 Å². The van der Waals surface area contributed by atoms with E-state index in [-0.39, 0.29) is 16.4 Å². The molecule has 13 heteroatoms. The molecule has 0 heterocycles. The number of carbonyl (C=O) groups excluding carboxylic acids is 2. The van der Waals surface area contributed by atoms with Gasteiger partial charge in [0.25, 0.3) is 11.6 Å². The van der Waals surface area contributed by atoms with Crippen molar-refractivity contribution in [3.63, 3.8) is 0 Å². The summed E-state index contributed by atoms with van der Waals surface area (Å²) in [5.41, 5.74) is 0.0542. The van der Waals surface area contributed by atoms with E-state index >= 15 is 0 Å². The van der Waals surface area contributed by atoms with Gasteiger partial charge >= 0.3 is 11.7 Å². The summed E-state index contributed by atoms with van der Waals surface area (Å²) in [6.07, 6.45) is 2.18. The number of hydrogen-bond acceptors (Lipinski definition) is 7. The van der Waals surface area contributed by atoms with Gasteiger partial charge in [-0.1, -0.05) is 17.7 Å². The summed E-state index contributed by atoms with van der Waals surface area (Å²) < 4.78 is 52.3. The third-order valence-electron chi connectivity index (χ3n) is 3.63. The average molecular weight is 475 g/mol. The average Bonchev–Trinajstić information content (AvgIpc) is 2.71. The van der Waals surface area contributed by atoms with Crippen LogP contribution in [0, 0.1) is 10.1 Å². The zero-order valence-corrected chi connectivity index (χ0v) is 16.9. The molecule has 2 aromatic rings. The molecule has 1 N–H and O–H groups in total. The highest BCUT2D eigenvalue weighted by Gasteiger charge is 2.26. The zero-order valence-electron chi connectivity index (χ0n) is 15.3. The summed E-state index contributed by atoms with van der Waals surface area (Å²) in [4.78, 5) is 33.0. The SMILES string of the molecule is O=C(COC(=O)/C=C/c1ccc(Cl)c([N+](=O)[O-])c1)Nc1ccc(S(=O)(=O)C(F)F)cc1. The molecule has 0 aliphatic rings. The number of nitro benzene ring substituents is 1. The van der Waals surface area contributed by atoms with Crippen molar-refractivity contribution in [2.24, 2.45) is 0 Å². The fraction of sp³-hybridized carbons (Fsp3) is 0.111. The maximum atomic E-state index is 12.5. The van der Waals surface area contributed by atoms with Crippen molar-refractivity contribution in [3.05, 3.63) is 69.2 Å². The van der Waals surface area contributed by atoms with Gasteiger partial charge in [0.1, 0.15) is 5.02 Å². The second kappa shape index (κ2) is 10.1. The van der Waals surface area contributed by atoms with Crippen LogP contribution in [-0.2, 0) is 24.2 Å². The standard InChI is InChI=1S/C18H13ClF2N2O7S/c19-14-7-1-11(9-15(14)23(26)27)2-8-17(25)30-10-16(24)22-12-3-5-13(6-4-12)31(28,29)18(20)21/h1-9,18H,10H2,(H,22,24)/b8-2+. The topological polar surface area (TPSA) is 133 Å². The Kier molecular flexibility index (Phi) is 7.78. The summed E-state index contributed by atoms with van der Waals surface area (Å²) in [5, 5.41) is 13.1. The fourth-order valence-corrected chi connectivity index (χ4v) is 3.06. The Morgan fingerprint density at radius 3 is 2.42 bits per heavy atom. The molecule has 164 valence electrons. The third kappa shape index (κ3) is 6.55. The number of anilines is 1. The van der Waals surface area contributed by atoms with Gasteiger partial charge in [0.2, 0.25) is 9.84 Å². The maximum Gasteiger partial charge on any atom is 0.341 e. The molecular weight excluding hydrogens is 462 g/mol. The molecule has 2 aromatic carbocycles. The van der Waals surface area contributed by atoms with Crippen LogP contribution >= 0.6 is 11.6 Å². The number of amides is 1. The molecule has 0 saturated heterocycles. The van der Waals surface area contributed by atoms with Crippen molar-refractivity contribution in [2.45, 2.75) is 10.7 Å². The van der Waals surface area contributed by atoms with Crippen molar-refractivity contribution in [1.29, 1.82) is 0 Å². The van der Waals surface area contributed by atoms with Gasteiger partial charge in [-0.15, -0.1) is 0 Å². The first-order valence-electron chi connectivity index (χ1n) is 8.21. The lowest BCUT2D eigenvalue weighted by Gasteiger charge is -2.07. The van der Waals surface area contributed by atoms with Crippen molar-refractivity contribution in [3.8, 4) is 0 Å². The Hall–Kier alpha value is -3.38. The molecule has 9 nitrogen and oxygen atoms in total. The minimum absolute atomic E-state index is 0.0683. The van der Waals surface area contributed by atoms with Gasteiger partial charge in [-0.05, 0) is 42.0 Å². The maximum absolute atomic E-state index is 12.5. The van der Waals surface area contributed by atoms with E-state index < -0.39 is 43.9 Å². The molecular formula is C18H13ClF2N2O7S. The van der Waals surface area contributed by atoms with Crippen LogP contribution in [0.2, 0.25) is 5.02 Å². The van der Waals surface area contributed by atoms with Crippen molar-refractivity contribution in [1.82, 2.24) is 0 Å². The summed E-state index contributed by atoms with van der Waals surface area (Å²) in [6, 6.07) is 7.87. The molecule has 0 aliphatic heterocycles. The minimum atomic E-state index is -4.75. The van der Waals surface area contributed by atoms with E-state index in [1.54, 1.807) is 0 Å². The van der Waals surface area contributed by atoms with Crippen molar-refractivity contribution >= 4 is 50.8 Å². The molecule has 0 saturated carbocycles. The van der Waals surface area contributed by atoms with E-state index in [2.05, 4.69) is 5.32 Å². The molecule has 31 heavy (non-hydrogen) atoms. The van der Waals surface area contributed by atoms with Gasteiger partial charge in [-0.2, -0.15) is 8.78 Å². The lowest BCUT2D eigenvalue weighted by molar-refractivity contribution is -0.384. The Morgan fingerprint density at radius 1 is 1.19 bits per heavy atom. The molecule has 2 rings (SSSR count). The predicted molar refractivity (Wildman–Crippen MR) is 106 cm³/mol. The highest BCUT2D eigenvalue weighted by atomic mass is 35.5. The number of sulfone groups is 1. The number of nitro groups is 1. The normalized spacial score (nSPS) is 11.5. The number of esters is 1. The van der Waals surface area contributed by atoms with E-state index in [0.29, 0.717) is 5.56 Å². The monoisotopic (exact) mass is 474 g/mol. The van der Waals surface area contributed by atoms with Crippen molar-refractivity contribution < 1.29 is 36.4 Å². The third-order valence-corrected chi connectivity index (χ3v) is 5.34. The van der Waals surface area contributed by atoms with Crippen LogP contribution in [0.1, 0.15) is 5.56 Å². The van der Waals surface area contributed by atoms with E-state index in [1.807, 2.05) is 0 Å². The van der Waals surface area contributed by atoms with Crippen LogP contribution < -0.4 is 5.32 Å². The van der Waals surface area contributed by atoms with Crippen LogP contribution in [0.15, 0.2) is 53.4 Å². The van der Waals surface area contributed by atoms with Crippen LogP contribution in [0.25, 0.3) is 6.08 Å². The number of halogens is 3. The number of carbonyl (C=O) groups is 2. The number of hydrogen-bond donors (Lipinski definition) is 1. The smallest absolute Gasteiger partial charge is 0.341 e. The molecule has 0 unspecified atom stereocenters. The number of nitrogens with one attached hydrogen (secondary N) is 1. The highest BCUT2D eigenvalue weighted by Crippen LogP contribution is 2.25. The number of nitrogens with zero attached hydrogens (tertiary/aromatic N) is 1. The van der Waals surface area contributed by atoms with Crippen LogP contribution in [-0.4, -0.2) is 37.6 Å². The number of ether oxygens (including phenoxy) is 1. The molecule has 0 spiro atoms. The molecule has 0 fully saturated rings. The highest BCUT2D eigenvalue weighted by molar-refractivity contribution is 7.91. The fourth-order valence-electron chi connectivity index (χ4n) is 2.15. The first-order chi connectivity index (χ1) is 14.5. The summed E-state index contributed by atoms with van der Waals surface area (Å²) in [5.74, 6) is -5.25. The summed E-state index contributed by atoms with van der Waals surface area (Å²) in [7, 11) is -4.75. The van der Waals surface area contributed by atoms with E-state index in [1.165, 1.54) is 18.2 Å². The molecule has 0 atom stereocenters. The van der Waals surface area contributed by atoms with Gasteiger partial charge in [-0.3, -0.25) is 14.9 Å². The Labute approximate surface area is 179 Å². The number of benzene rings is 2. The van der Waals surface area contributed by atoms with E-state index in [9.17, 15) is 36.9 Å².